The first kappa shape index (κ1) is 10.5. The van der Waals surface area contributed by atoms with Crippen LogP contribution in [0.5, 0.6) is 0 Å². The van der Waals surface area contributed by atoms with Crippen LogP contribution >= 0.6 is 0 Å². The van der Waals surface area contributed by atoms with Crippen molar-refractivity contribution in [1.29, 1.82) is 0 Å². The van der Waals surface area contributed by atoms with Gasteiger partial charge >= 0.3 is 0 Å². The molecule has 0 atom stereocenters. The van der Waals surface area contributed by atoms with Gasteiger partial charge in [-0.2, -0.15) is 0 Å². The zero-order valence-electron chi connectivity index (χ0n) is 10.0. The van der Waals surface area contributed by atoms with Crippen molar-refractivity contribution < 1.29 is 4.42 Å². The molecule has 0 bridgehead atoms. The molecule has 3 heteroatoms. The highest BCUT2D eigenvalue weighted by Gasteiger charge is 2.20. The van der Waals surface area contributed by atoms with Gasteiger partial charge in [0.25, 0.3) is 0 Å². The zero-order chi connectivity index (χ0) is 11.7. The molecule has 1 aromatic heterocycles. The summed E-state index contributed by atoms with van der Waals surface area (Å²) in [4.78, 5) is 6.85. The largest absolute Gasteiger partial charge is 0.446 e. The maximum atomic E-state index is 5.57. The summed E-state index contributed by atoms with van der Waals surface area (Å²) in [6.07, 6.45) is 0.975. The third kappa shape index (κ3) is 2.24. The fourth-order valence-corrected chi connectivity index (χ4v) is 2.36. The Balaban J connectivity index is 1.72. The van der Waals surface area contributed by atoms with E-state index in [-0.39, 0.29) is 0 Å². The van der Waals surface area contributed by atoms with E-state index in [1.54, 1.807) is 0 Å². The Morgan fingerprint density at radius 2 is 2.12 bits per heavy atom. The zero-order valence-corrected chi connectivity index (χ0v) is 10.0. The van der Waals surface area contributed by atoms with Crippen LogP contribution in [-0.2, 0) is 19.5 Å². The van der Waals surface area contributed by atoms with Crippen LogP contribution in [0.2, 0.25) is 0 Å². The molecule has 0 radical (unpaired) electrons. The lowest BCUT2D eigenvalue weighted by atomic mass is 10.1. The van der Waals surface area contributed by atoms with Gasteiger partial charge in [-0.15, -0.1) is 0 Å². The highest BCUT2D eigenvalue weighted by molar-refractivity contribution is 5.17. The second-order valence-corrected chi connectivity index (χ2v) is 4.55. The Labute approximate surface area is 101 Å². The second kappa shape index (κ2) is 4.34. The van der Waals surface area contributed by atoms with Gasteiger partial charge in [0.2, 0.25) is 0 Å². The lowest BCUT2D eigenvalue weighted by molar-refractivity contribution is 0.231. The van der Waals surface area contributed by atoms with Gasteiger partial charge in [0, 0.05) is 33.0 Å². The summed E-state index contributed by atoms with van der Waals surface area (Å²) in [6.45, 7) is 4.87. The number of benzene rings is 1. The number of nitrogens with zero attached hydrogens (tertiary/aromatic N) is 2. The first-order valence-corrected chi connectivity index (χ1v) is 6.03. The molecule has 3 nitrogen and oxygen atoms in total. The standard InChI is InChI=1S/C14H16N2O/c1-11-15-13-10-16(8-7-14(13)17-11)9-12-5-3-2-4-6-12/h2-6H,7-10H2,1H3. The minimum Gasteiger partial charge on any atom is -0.446 e. The fraction of sp³-hybridized carbons (Fsp3) is 0.357. The van der Waals surface area contributed by atoms with Gasteiger partial charge in [-0.1, -0.05) is 30.3 Å². The number of aryl methyl sites for hydroxylation is 1. The van der Waals surface area contributed by atoms with Crippen LogP contribution in [-0.4, -0.2) is 16.4 Å². The van der Waals surface area contributed by atoms with Gasteiger partial charge in [0.1, 0.15) is 5.76 Å². The van der Waals surface area contributed by atoms with E-state index in [1.807, 2.05) is 6.92 Å². The van der Waals surface area contributed by atoms with Crippen LogP contribution < -0.4 is 0 Å². The molecule has 1 aromatic carbocycles. The Kier molecular flexibility index (Phi) is 2.69. The van der Waals surface area contributed by atoms with E-state index in [1.165, 1.54) is 5.56 Å². The van der Waals surface area contributed by atoms with Crippen molar-refractivity contribution in [3.05, 3.63) is 53.2 Å². The van der Waals surface area contributed by atoms with E-state index in [0.717, 1.165) is 43.4 Å². The van der Waals surface area contributed by atoms with Gasteiger partial charge in [-0.05, 0) is 5.56 Å². The van der Waals surface area contributed by atoms with E-state index in [9.17, 15) is 0 Å². The minimum atomic E-state index is 0.788. The second-order valence-electron chi connectivity index (χ2n) is 4.55. The highest BCUT2D eigenvalue weighted by atomic mass is 16.4. The third-order valence-electron chi connectivity index (χ3n) is 3.16. The smallest absolute Gasteiger partial charge is 0.191 e. The summed E-state index contributed by atoms with van der Waals surface area (Å²) < 4.78 is 5.57. The average Bonchev–Trinajstić information content (AvgIpc) is 2.70. The fourth-order valence-electron chi connectivity index (χ4n) is 2.36. The average molecular weight is 228 g/mol. The Morgan fingerprint density at radius 3 is 2.94 bits per heavy atom. The van der Waals surface area contributed by atoms with Crippen molar-refractivity contribution in [2.75, 3.05) is 6.54 Å². The molecule has 2 aromatic rings. The molecule has 3 rings (SSSR count). The molecule has 1 aliphatic heterocycles. The predicted molar refractivity (Wildman–Crippen MR) is 65.5 cm³/mol. The van der Waals surface area contributed by atoms with Crippen molar-refractivity contribution >= 4 is 0 Å². The van der Waals surface area contributed by atoms with Crippen molar-refractivity contribution in [1.82, 2.24) is 9.88 Å². The molecule has 1 aliphatic rings. The maximum absolute atomic E-state index is 5.57. The van der Waals surface area contributed by atoms with Gasteiger partial charge in [-0.25, -0.2) is 4.98 Å². The molecule has 0 unspecified atom stereocenters. The lowest BCUT2D eigenvalue weighted by Crippen LogP contribution is -2.29. The number of aromatic nitrogens is 1. The van der Waals surface area contributed by atoms with E-state index >= 15 is 0 Å². The number of fused-ring (bicyclic) bond motifs is 1. The molecule has 0 saturated heterocycles. The van der Waals surface area contributed by atoms with E-state index in [0.29, 0.717) is 0 Å². The minimum absolute atomic E-state index is 0.788. The quantitative estimate of drug-likeness (QED) is 0.791. The van der Waals surface area contributed by atoms with Crippen LogP contribution in [0, 0.1) is 6.92 Å². The first-order chi connectivity index (χ1) is 8.31. The molecule has 0 N–H and O–H groups in total. The summed E-state index contributed by atoms with van der Waals surface area (Å²) in [5.74, 6) is 1.86. The van der Waals surface area contributed by atoms with Gasteiger partial charge in [0.05, 0.1) is 5.69 Å². The molecule has 0 aliphatic carbocycles. The topological polar surface area (TPSA) is 29.3 Å². The summed E-state index contributed by atoms with van der Waals surface area (Å²) in [6, 6.07) is 10.6. The normalized spacial score (nSPS) is 15.8. The molecule has 0 fully saturated rings. The van der Waals surface area contributed by atoms with Gasteiger partial charge < -0.3 is 4.42 Å². The van der Waals surface area contributed by atoms with E-state index < -0.39 is 0 Å². The highest BCUT2D eigenvalue weighted by Crippen LogP contribution is 2.20. The summed E-state index contributed by atoms with van der Waals surface area (Å²) in [7, 11) is 0. The third-order valence-corrected chi connectivity index (χ3v) is 3.16. The molecule has 17 heavy (non-hydrogen) atoms. The lowest BCUT2D eigenvalue weighted by Gasteiger charge is -2.25. The monoisotopic (exact) mass is 228 g/mol. The van der Waals surface area contributed by atoms with Crippen LogP contribution in [0.25, 0.3) is 0 Å². The van der Waals surface area contributed by atoms with Crippen molar-refractivity contribution in [2.45, 2.75) is 26.4 Å². The van der Waals surface area contributed by atoms with E-state index in [4.69, 9.17) is 4.42 Å². The van der Waals surface area contributed by atoms with Crippen LogP contribution in [0.1, 0.15) is 22.9 Å². The number of rotatable bonds is 2. The summed E-state index contributed by atoms with van der Waals surface area (Å²) >= 11 is 0. The summed E-state index contributed by atoms with van der Waals surface area (Å²) in [5, 5.41) is 0. The molecular weight excluding hydrogens is 212 g/mol. The Bertz CT molecular complexity index is 504. The predicted octanol–water partition coefficient (Wildman–Crippen LogP) is 2.54. The molecule has 2 heterocycles. The maximum Gasteiger partial charge on any atom is 0.191 e. The summed E-state index contributed by atoms with van der Waals surface area (Å²) in [5.41, 5.74) is 2.47. The molecular formula is C14H16N2O. The van der Waals surface area contributed by atoms with Gasteiger partial charge in [-0.3, -0.25) is 4.90 Å². The van der Waals surface area contributed by atoms with Gasteiger partial charge in [0.15, 0.2) is 5.89 Å². The Morgan fingerprint density at radius 1 is 1.29 bits per heavy atom. The molecule has 88 valence electrons. The molecule has 0 amide bonds. The van der Waals surface area contributed by atoms with Crippen molar-refractivity contribution in [2.24, 2.45) is 0 Å². The first-order valence-electron chi connectivity index (χ1n) is 6.03. The van der Waals surface area contributed by atoms with Crippen molar-refractivity contribution in [3.63, 3.8) is 0 Å². The van der Waals surface area contributed by atoms with Crippen LogP contribution in [0.15, 0.2) is 34.7 Å². The SMILES string of the molecule is Cc1nc2c(o1)CCN(Cc1ccccc1)C2. The van der Waals surface area contributed by atoms with Crippen LogP contribution in [0.4, 0.5) is 0 Å². The number of hydrogen-bond donors (Lipinski definition) is 0. The number of hydrogen-bond acceptors (Lipinski definition) is 3. The number of oxazole rings is 1. The van der Waals surface area contributed by atoms with E-state index in [2.05, 4.69) is 40.2 Å². The molecule has 0 spiro atoms. The van der Waals surface area contributed by atoms with Crippen molar-refractivity contribution in [3.8, 4) is 0 Å². The Hall–Kier alpha value is -1.61. The van der Waals surface area contributed by atoms with Crippen LogP contribution in [0.3, 0.4) is 0 Å². The molecule has 0 saturated carbocycles.